The molecule has 12 heteroatoms. The second kappa shape index (κ2) is 5.30. The fourth-order valence-corrected chi connectivity index (χ4v) is 3.26. The van der Waals surface area contributed by atoms with Gasteiger partial charge in [-0.1, -0.05) is 0 Å². The minimum Gasteiger partial charge on any atom is -0.258 e. The molecule has 0 radical (unpaired) electrons. The number of sulfonamides is 1. The van der Waals surface area contributed by atoms with E-state index in [0.717, 1.165) is 30.7 Å². The molecular weight excluding hydrogens is 332 g/mol. The van der Waals surface area contributed by atoms with Gasteiger partial charge in [-0.3, -0.25) is 10.1 Å². The fraction of sp³-hybridized carbons (Fsp3) is 0.300. The van der Waals surface area contributed by atoms with Gasteiger partial charge >= 0.3 is 0 Å². The number of hydrogen-bond donors (Lipinski definition) is 1. The predicted octanol–water partition coefficient (Wildman–Crippen LogP) is 0.715. The first-order valence-electron chi connectivity index (χ1n) is 6.13. The Morgan fingerprint density at radius 3 is 2.73 bits per heavy atom. The van der Waals surface area contributed by atoms with E-state index in [1.807, 2.05) is 0 Å². The number of aromatic nitrogens is 4. The smallest absolute Gasteiger partial charge is 0.258 e. The van der Waals surface area contributed by atoms with Gasteiger partial charge in [-0.2, -0.15) is 0 Å². The monoisotopic (exact) mass is 342 g/mol. The number of tetrazole rings is 1. The van der Waals surface area contributed by atoms with Crippen molar-refractivity contribution in [2.45, 2.75) is 33.8 Å². The fourth-order valence-electron chi connectivity index (χ4n) is 1.80. The highest BCUT2D eigenvalue weighted by Crippen LogP contribution is 2.40. The van der Waals surface area contributed by atoms with Crippen molar-refractivity contribution in [2.75, 3.05) is 0 Å². The van der Waals surface area contributed by atoms with Crippen LogP contribution >= 0.6 is 11.8 Å². The van der Waals surface area contributed by atoms with Gasteiger partial charge in [-0.15, -0.1) is 5.10 Å². The maximum atomic E-state index is 11.3. The van der Waals surface area contributed by atoms with Crippen molar-refractivity contribution in [2.24, 2.45) is 5.14 Å². The van der Waals surface area contributed by atoms with E-state index in [1.54, 1.807) is 4.68 Å². The number of nitrogens with zero attached hydrogens (tertiary/aromatic N) is 5. The zero-order valence-corrected chi connectivity index (χ0v) is 12.6. The number of primary sulfonamides is 1. The Labute approximate surface area is 128 Å². The molecule has 22 heavy (non-hydrogen) atoms. The lowest BCUT2D eigenvalue weighted by Gasteiger charge is -2.05. The molecule has 2 N–H and O–H groups in total. The van der Waals surface area contributed by atoms with Crippen LogP contribution in [0.3, 0.4) is 0 Å². The average Bonchev–Trinajstić information content (AvgIpc) is 3.18. The van der Waals surface area contributed by atoms with Crippen LogP contribution in [0.4, 0.5) is 5.69 Å². The molecule has 0 amide bonds. The molecule has 10 nitrogen and oxygen atoms in total. The van der Waals surface area contributed by atoms with Crippen LogP contribution in [-0.4, -0.2) is 33.5 Å². The van der Waals surface area contributed by atoms with Crippen LogP contribution in [-0.2, 0) is 10.0 Å². The van der Waals surface area contributed by atoms with Gasteiger partial charge in [-0.05, 0) is 47.2 Å². The molecule has 1 aromatic carbocycles. The van der Waals surface area contributed by atoms with Gasteiger partial charge in [0.15, 0.2) is 0 Å². The number of nitro benzene ring substituents is 1. The van der Waals surface area contributed by atoms with E-state index in [4.69, 9.17) is 5.14 Å². The van der Waals surface area contributed by atoms with Gasteiger partial charge < -0.3 is 0 Å². The average molecular weight is 342 g/mol. The van der Waals surface area contributed by atoms with E-state index in [0.29, 0.717) is 5.16 Å². The summed E-state index contributed by atoms with van der Waals surface area (Å²) in [5, 5.41) is 27.8. The van der Waals surface area contributed by atoms with Crippen molar-refractivity contribution < 1.29 is 13.3 Å². The van der Waals surface area contributed by atoms with E-state index in [-0.39, 0.29) is 21.5 Å². The third-order valence-electron chi connectivity index (χ3n) is 3.01. The molecule has 0 unspecified atom stereocenters. The number of benzene rings is 1. The molecule has 1 heterocycles. The largest absolute Gasteiger partial charge is 0.284 e. The normalized spacial score (nSPS) is 15.0. The molecule has 1 aliphatic rings. The van der Waals surface area contributed by atoms with Gasteiger partial charge in [0.05, 0.1) is 20.8 Å². The standard InChI is InChI=1S/C10H10N6O4S2/c11-22(19,20)7-3-4-9(8(5-7)16(17)18)21-10-12-13-14-15(10)6-1-2-6/h3-6H,1-2H2,(H2,11,19,20). The highest BCUT2D eigenvalue weighted by molar-refractivity contribution is 7.99. The second-order valence-corrected chi connectivity index (χ2v) is 7.24. The molecule has 0 saturated heterocycles. The summed E-state index contributed by atoms with van der Waals surface area (Å²) in [7, 11) is -4.01. The quantitative estimate of drug-likeness (QED) is 0.617. The number of hydrogen-bond acceptors (Lipinski definition) is 8. The van der Waals surface area contributed by atoms with E-state index in [2.05, 4.69) is 15.5 Å². The van der Waals surface area contributed by atoms with Crippen LogP contribution in [0.1, 0.15) is 18.9 Å². The lowest BCUT2D eigenvalue weighted by molar-refractivity contribution is -0.388. The van der Waals surface area contributed by atoms with Crippen LogP contribution in [0.25, 0.3) is 0 Å². The summed E-state index contributed by atoms with van der Waals surface area (Å²) < 4.78 is 24.2. The van der Waals surface area contributed by atoms with Crippen LogP contribution in [0, 0.1) is 10.1 Å². The molecule has 0 atom stereocenters. The van der Waals surface area contributed by atoms with Gasteiger partial charge in [0.1, 0.15) is 0 Å². The van der Waals surface area contributed by atoms with E-state index < -0.39 is 14.9 Å². The Morgan fingerprint density at radius 2 is 2.14 bits per heavy atom. The van der Waals surface area contributed by atoms with Crippen LogP contribution in [0.2, 0.25) is 0 Å². The lowest BCUT2D eigenvalue weighted by Crippen LogP contribution is -2.12. The Balaban J connectivity index is 1.99. The second-order valence-electron chi connectivity index (χ2n) is 4.67. The minimum atomic E-state index is -4.01. The maximum absolute atomic E-state index is 11.3. The summed E-state index contributed by atoms with van der Waals surface area (Å²) in [5.74, 6) is 0. The minimum absolute atomic E-state index is 0.222. The van der Waals surface area contributed by atoms with Crippen LogP contribution < -0.4 is 5.14 Å². The molecule has 0 aliphatic heterocycles. The van der Waals surface area contributed by atoms with Crippen LogP contribution in [0.5, 0.6) is 0 Å². The van der Waals surface area contributed by atoms with Crippen molar-refractivity contribution in [3.8, 4) is 0 Å². The van der Waals surface area contributed by atoms with Gasteiger partial charge in [0, 0.05) is 6.07 Å². The summed E-state index contributed by atoms with van der Waals surface area (Å²) in [6.07, 6.45) is 1.93. The molecule has 1 saturated carbocycles. The SMILES string of the molecule is NS(=O)(=O)c1ccc(Sc2nnnn2C2CC2)c([N+](=O)[O-])c1. The van der Waals surface area contributed by atoms with Crippen LogP contribution in [0.15, 0.2) is 33.1 Å². The highest BCUT2D eigenvalue weighted by atomic mass is 32.2. The lowest BCUT2D eigenvalue weighted by atomic mass is 10.3. The Bertz CT molecular complexity index is 845. The number of nitrogens with two attached hydrogens (primary N) is 1. The van der Waals surface area contributed by atoms with Gasteiger partial charge in [0.2, 0.25) is 15.2 Å². The van der Waals surface area contributed by atoms with Crippen molar-refractivity contribution in [3.63, 3.8) is 0 Å². The highest BCUT2D eigenvalue weighted by Gasteiger charge is 2.29. The molecule has 116 valence electrons. The Kier molecular flexibility index (Phi) is 3.58. The molecule has 1 aliphatic carbocycles. The third kappa shape index (κ3) is 2.93. The first-order valence-corrected chi connectivity index (χ1v) is 8.49. The zero-order valence-electron chi connectivity index (χ0n) is 11.0. The molecule has 1 fully saturated rings. The Hall–Kier alpha value is -2.05. The van der Waals surface area contributed by atoms with E-state index in [9.17, 15) is 18.5 Å². The number of nitro groups is 1. The van der Waals surface area contributed by atoms with Crippen molar-refractivity contribution in [1.29, 1.82) is 0 Å². The molecular formula is C10H10N6O4S2. The molecule has 0 bridgehead atoms. The summed E-state index contributed by atoms with van der Waals surface area (Å²) in [5.41, 5.74) is -0.359. The summed E-state index contributed by atoms with van der Waals surface area (Å²) >= 11 is 1.01. The summed E-state index contributed by atoms with van der Waals surface area (Å²) in [4.78, 5) is 10.4. The van der Waals surface area contributed by atoms with E-state index >= 15 is 0 Å². The summed E-state index contributed by atoms with van der Waals surface area (Å²) in [6.45, 7) is 0. The van der Waals surface area contributed by atoms with Crippen molar-refractivity contribution in [1.82, 2.24) is 20.2 Å². The molecule has 0 spiro atoms. The zero-order chi connectivity index (χ0) is 15.9. The first kappa shape index (κ1) is 14.9. The van der Waals surface area contributed by atoms with Crippen molar-refractivity contribution >= 4 is 27.5 Å². The predicted molar refractivity (Wildman–Crippen MR) is 74.7 cm³/mol. The molecule has 1 aromatic heterocycles. The van der Waals surface area contributed by atoms with Gasteiger partial charge in [-0.25, -0.2) is 18.2 Å². The van der Waals surface area contributed by atoms with Crippen molar-refractivity contribution in [3.05, 3.63) is 28.3 Å². The molecule has 2 aromatic rings. The summed E-state index contributed by atoms with van der Waals surface area (Å²) in [6, 6.07) is 3.70. The topological polar surface area (TPSA) is 147 Å². The maximum Gasteiger partial charge on any atom is 0.284 e. The molecule has 3 rings (SSSR count). The Morgan fingerprint density at radius 1 is 1.41 bits per heavy atom. The number of rotatable bonds is 5. The first-order chi connectivity index (χ1) is 10.4. The van der Waals surface area contributed by atoms with Gasteiger partial charge in [0.25, 0.3) is 5.69 Å². The third-order valence-corrected chi connectivity index (χ3v) is 4.94. The van der Waals surface area contributed by atoms with E-state index in [1.165, 1.54) is 12.1 Å².